The number of benzene rings is 1. The van der Waals surface area contributed by atoms with Gasteiger partial charge in [-0.2, -0.15) is 4.39 Å². The Morgan fingerprint density at radius 3 is 2.55 bits per heavy atom. The molecule has 6 heteroatoms. The molecule has 0 saturated heterocycles. The summed E-state index contributed by atoms with van der Waals surface area (Å²) < 4.78 is 13.0. The quantitative estimate of drug-likeness (QED) is 0.855. The number of aromatic nitrogens is 1. The number of halogens is 2. The van der Waals surface area contributed by atoms with Gasteiger partial charge in [-0.1, -0.05) is 0 Å². The van der Waals surface area contributed by atoms with Gasteiger partial charge in [0.25, 0.3) is 0 Å². The van der Waals surface area contributed by atoms with Crippen molar-refractivity contribution in [2.24, 2.45) is 0 Å². The van der Waals surface area contributed by atoms with Crippen LogP contribution < -0.4 is 0 Å². The molecule has 1 aromatic carbocycles. The van der Waals surface area contributed by atoms with E-state index in [4.69, 9.17) is 10.2 Å². The first kappa shape index (κ1) is 16.1. The summed E-state index contributed by atoms with van der Waals surface area (Å²) in [6.45, 7) is 1.45. The highest BCUT2D eigenvalue weighted by atomic mass is 35.5. The van der Waals surface area contributed by atoms with Crippen molar-refractivity contribution in [1.29, 1.82) is 0 Å². The van der Waals surface area contributed by atoms with Gasteiger partial charge in [-0.25, -0.2) is 9.78 Å². The molecule has 0 atom stereocenters. The van der Waals surface area contributed by atoms with E-state index in [1.807, 2.05) is 0 Å². The second kappa shape index (κ2) is 6.45. The fourth-order valence-electron chi connectivity index (χ4n) is 1.89. The summed E-state index contributed by atoms with van der Waals surface area (Å²) >= 11 is 0. The van der Waals surface area contributed by atoms with Crippen LogP contribution >= 0.6 is 12.4 Å². The number of carbonyl (C=O) groups is 1. The molecule has 0 spiro atoms. The van der Waals surface area contributed by atoms with E-state index in [1.54, 1.807) is 13.0 Å². The number of aliphatic hydroxyl groups excluding tert-OH is 1. The average Bonchev–Trinajstić information content (AvgIpc) is 2.38. The van der Waals surface area contributed by atoms with Crippen LogP contribution in [0, 0.1) is 12.9 Å². The molecule has 1 aromatic heterocycles. The van der Waals surface area contributed by atoms with Crippen LogP contribution in [-0.4, -0.2) is 21.2 Å². The lowest BCUT2D eigenvalue weighted by atomic mass is 9.98. The lowest BCUT2D eigenvalue weighted by molar-refractivity contribution is 0.0696. The molecule has 2 aromatic rings. The van der Waals surface area contributed by atoms with Crippen molar-refractivity contribution in [1.82, 2.24) is 4.98 Å². The summed E-state index contributed by atoms with van der Waals surface area (Å²) in [6, 6.07) is 5.82. The van der Waals surface area contributed by atoms with Gasteiger partial charge in [0.05, 0.1) is 12.2 Å². The van der Waals surface area contributed by atoms with Crippen molar-refractivity contribution >= 4 is 18.4 Å². The van der Waals surface area contributed by atoms with E-state index in [1.165, 1.54) is 24.4 Å². The molecule has 0 bridgehead atoms. The van der Waals surface area contributed by atoms with Crippen LogP contribution in [-0.2, 0) is 6.61 Å². The molecule has 0 saturated carbocycles. The molecule has 0 fully saturated rings. The normalized spacial score (nSPS) is 9.95. The number of aryl methyl sites for hydroxylation is 1. The molecule has 0 aliphatic heterocycles. The third-order valence-electron chi connectivity index (χ3n) is 2.81. The Balaban J connectivity index is 0.00000200. The lowest BCUT2D eigenvalue weighted by Gasteiger charge is -2.09. The smallest absolute Gasteiger partial charge is 0.335 e. The van der Waals surface area contributed by atoms with Gasteiger partial charge in [0.2, 0.25) is 5.95 Å². The molecule has 2 N–H and O–H groups in total. The van der Waals surface area contributed by atoms with Crippen LogP contribution in [0.2, 0.25) is 0 Å². The summed E-state index contributed by atoms with van der Waals surface area (Å²) in [5, 5.41) is 18.2. The Morgan fingerprint density at radius 2 is 2.00 bits per heavy atom. The maximum absolute atomic E-state index is 13.0. The summed E-state index contributed by atoms with van der Waals surface area (Å²) in [7, 11) is 0. The minimum atomic E-state index is -1.08. The number of hydrogen-bond acceptors (Lipinski definition) is 3. The first-order valence-corrected chi connectivity index (χ1v) is 5.62. The van der Waals surface area contributed by atoms with E-state index in [-0.39, 0.29) is 24.6 Å². The molecule has 0 radical (unpaired) electrons. The van der Waals surface area contributed by atoms with Gasteiger partial charge in [-0.05, 0) is 47.9 Å². The fraction of sp³-hybridized carbons (Fsp3) is 0.143. The SMILES string of the molecule is Cc1cc(F)ncc1-c1cc(CO)cc(C(=O)O)c1.Cl. The summed E-state index contributed by atoms with van der Waals surface area (Å²) in [6.07, 6.45) is 1.35. The number of aliphatic hydroxyl groups is 1. The van der Waals surface area contributed by atoms with Crippen molar-refractivity contribution in [2.45, 2.75) is 13.5 Å². The highest BCUT2D eigenvalue weighted by Gasteiger charge is 2.10. The highest BCUT2D eigenvalue weighted by Crippen LogP contribution is 2.25. The fourth-order valence-corrected chi connectivity index (χ4v) is 1.89. The minimum absolute atomic E-state index is 0. The maximum atomic E-state index is 13.0. The zero-order valence-corrected chi connectivity index (χ0v) is 11.4. The predicted molar refractivity (Wildman–Crippen MR) is 74.5 cm³/mol. The zero-order valence-electron chi connectivity index (χ0n) is 10.6. The topological polar surface area (TPSA) is 70.4 Å². The molecule has 2 rings (SSSR count). The minimum Gasteiger partial charge on any atom is -0.478 e. The summed E-state index contributed by atoms with van der Waals surface area (Å²) in [5.74, 6) is -1.66. The Bertz CT molecular complexity index is 646. The molecular weight excluding hydrogens is 285 g/mol. The molecule has 1 heterocycles. The number of rotatable bonds is 3. The van der Waals surface area contributed by atoms with Gasteiger partial charge in [0.15, 0.2) is 0 Å². The molecule has 0 unspecified atom stereocenters. The number of aromatic carboxylic acids is 1. The summed E-state index contributed by atoms with van der Waals surface area (Å²) in [4.78, 5) is 14.6. The zero-order chi connectivity index (χ0) is 14.0. The Kier molecular flexibility index (Phi) is 5.19. The largest absolute Gasteiger partial charge is 0.478 e. The van der Waals surface area contributed by atoms with Crippen molar-refractivity contribution < 1.29 is 19.4 Å². The second-order valence-corrected chi connectivity index (χ2v) is 4.20. The number of hydrogen-bond donors (Lipinski definition) is 2. The van der Waals surface area contributed by atoms with E-state index < -0.39 is 11.9 Å². The van der Waals surface area contributed by atoms with E-state index in [9.17, 15) is 9.18 Å². The van der Waals surface area contributed by atoms with Gasteiger partial charge in [-0.15, -0.1) is 12.4 Å². The van der Waals surface area contributed by atoms with E-state index in [2.05, 4.69) is 4.98 Å². The van der Waals surface area contributed by atoms with Crippen LogP contribution in [0.25, 0.3) is 11.1 Å². The van der Waals surface area contributed by atoms with Gasteiger partial charge in [0.1, 0.15) is 0 Å². The Hall–Kier alpha value is -1.98. The molecule has 0 aliphatic rings. The number of pyridine rings is 1. The first-order valence-electron chi connectivity index (χ1n) is 5.62. The predicted octanol–water partition coefficient (Wildman–Crippen LogP) is 2.81. The number of carboxylic acids is 1. The molecular formula is C14H13ClFNO3. The van der Waals surface area contributed by atoms with Crippen LogP contribution in [0.3, 0.4) is 0 Å². The van der Waals surface area contributed by atoms with Crippen molar-refractivity contribution in [2.75, 3.05) is 0 Å². The Morgan fingerprint density at radius 1 is 1.30 bits per heavy atom. The van der Waals surface area contributed by atoms with Crippen LogP contribution in [0.5, 0.6) is 0 Å². The lowest BCUT2D eigenvalue weighted by Crippen LogP contribution is -1.99. The number of nitrogens with zero attached hydrogens (tertiary/aromatic N) is 1. The van der Waals surface area contributed by atoms with Gasteiger partial charge >= 0.3 is 5.97 Å². The molecule has 0 amide bonds. The van der Waals surface area contributed by atoms with Gasteiger partial charge in [0, 0.05) is 11.8 Å². The third-order valence-corrected chi connectivity index (χ3v) is 2.81. The van der Waals surface area contributed by atoms with E-state index in [0.717, 1.165) is 0 Å². The van der Waals surface area contributed by atoms with E-state index in [0.29, 0.717) is 22.3 Å². The third kappa shape index (κ3) is 3.31. The summed E-state index contributed by atoms with van der Waals surface area (Å²) in [5.41, 5.74) is 2.44. The van der Waals surface area contributed by atoms with Crippen molar-refractivity contribution in [3.05, 3.63) is 53.1 Å². The molecule has 20 heavy (non-hydrogen) atoms. The monoisotopic (exact) mass is 297 g/mol. The highest BCUT2D eigenvalue weighted by molar-refractivity contribution is 5.90. The average molecular weight is 298 g/mol. The van der Waals surface area contributed by atoms with Crippen molar-refractivity contribution in [3.63, 3.8) is 0 Å². The Labute approximate surface area is 121 Å². The second-order valence-electron chi connectivity index (χ2n) is 4.20. The van der Waals surface area contributed by atoms with E-state index >= 15 is 0 Å². The van der Waals surface area contributed by atoms with Crippen LogP contribution in [0.15, 0.2) is 30.5 Å². The van der Waals surface area contributed by atoms with Crippen LogP contribution in [0.1, 0.15) is 21.5 Å². The van der Waals surface area contributed by atoms with Gasteiger partial charge in [-0.3, -0.25) is 0 Å². The standard InChI is InChI=1S/C14H12FNO3.ClH/c1-8-2-13(15)16-6-12(8)10-3-9(7-17)4-11(5-10)14(18)19;/h2-6,17H,7H2,1H3,(H,18,19);1H. The molecule has 4 nitrogen and oxygen atoms in total. The molecule has 0 aliphatic carbocycles. The first-order chi connectivity index (χ1) is 9.01. The van der Waals surface area contributed by atoms with Crippen LogP contribution in [0.4, 0.5) is 4.39 Å². The van der Waals surface area contributed by atoms with Crippen molar-refractivity contribution in [3.8, 4) is 11.1 Å². The molecule has 106 valence electrons. The maximum Gasteiger partial charge on any atom is 0.335 e. The van der Waals surface area contributed by atoms with Gasteiger partial charge < -0.3 is 10.2 Å². The number of carboxylic acid groups (broad SMARTS) is 1.